The van der Waals surface area contributed by atoms with Gasteiger partial charge in [0.1, 0.15) is 5.75 Å². The Hall–Kier alpha value is -0.870. The molecule has 0 saturated heterocycles. The van der Waals surface area contributed by atoms with Gasteiger partial charge in [0.2, 0.25) is 0 Å². The molecule has 0 aliphatic rings. The van der Waals surface area contributed by atoms with E-state index in [1.165, 1.54) is 11.3 Å². The van der Waals surface area contributed by atoms with E-state index in [0.29, 0.717) is 5.00 Å². The number of fused-ring (bicyclic) bond motifs is 1. The van der Waals surface area contributed by atoms with Crippen LogP contribution in [0.15, 0.2) is 23.1 Å². The average molecular weight is 197 g/mol. The molecule has 1 aromatic heterocycles. The van der Waals surface area contributed by atoms with Gasteiger partial charge in [-0.2, -0.15) is 0 Å². The summed E-state index contributed by atoms with van der Waals surface area (Å²) in [5.74, 6) is 0.249. The average Bonchev–Trinajstić information content (AvgIpc) is 2.29. The zero-order valence-electron chi connectivity index (χ0n) is 6.11. The summed E-state index contributed by atoms with van der Waals surface area (Å²) in [7, 11) is 0. The number of nitrogens with two attached hydrogens (primary N) is 1. The van der Waals surface area contributed by atoms with Crippen LogP contribution in [-0.4, -0.2) is 5.11 Å². The first kappa shape index (κ1) is 7.76. The summed E-state index contributed by atoms with van der Waals surface area (Å²) in [5, 5.41) is 11.1. The number of nitrogen functional groups attached to an aromatic ring is 1. The lowest BCUT2D eigenvalue weighted by molar-refractivity contribution is 0.481. The quantitative estimate of drug-likeness (QED) is 0.568. The van der Waals surface area contributed by atoms with Crippen LogP contribution in [0.4, 0.5) is 5.00 Å². The molecule has 0 unspecified atom stereocenters. The van der Waals surface area contributed by atoms with Crippen molar-refractivity contribution in [3.8, 4) is 5.75 Å². The van der Waals surface area contributed by atoms with Gasteiger partial charge in [-0.3, -0.25) is 0 Å². The zero-order valence-corrected chi connectivity index (χ0v) is 7.82. The van der Waals surface area contributed by atoms with E-state index in [0.717, 1.165) is 15.0 Å². The van der Waals surface area contributed by atoms with E-state index >= 15 is 0 Å². The lowest BCUT2D eigenvalue weighted by Crippen LogP contribution is -1.72. The van der Waals surface area contributed by atoms with Gasteiger partial charge in [0.05, 0.1) is 9.70 Å². The first-order valence-corrected chi connectivity index (χ1v) is 4.64. The molecule has 62 valence electrons. The van der Waals surface area contributed by atoms with Crippen molar-refractivity contribution in [1.29, 1.82) is 0 Å². The van der Waals surface area contributed by atoms with Crippen molar-refractivity contribution in [1.82, 2.24) is 0 Å². The van der Waals surface area contributed by atoms with E-state index < -0.39 is 0 Å². The van der Waals surface area contributed by atoms with Crippen LogP contribution < -0.4 is 5.73 Å². The number of phenols is 1. The monoisotopic (exact) mass is 197 g/mol. The molecule has 0 amide bonds. The van der Waals surface area contributed by atoms with Crippen LogP contribution in [0.5, 0.6) is 5.75 Å². The van der Waals surface area contributed by atoms with E-state index in [4.69, 9.17) is 5.73 Å². The summed E-state index contributed by atoms with van der Waals surface area (Å²) in [4.78, 5) is 0.748. The molecule has 1 heterocycles. The van der Waals surface area contributed by atoms with Crippen molar-refractivity contribution in [2.45, 2.75) is 4.90 Å². The Balaban J connectivity index is 2.88. The van der Waals surface area contributed by atoms with Gasteiger partial charge in [-0.1, -0.05) is 0 Å². The van der Waals surface area contributed by atoms with E-state index in [-0.39, 0.29) is 5.75 Å². The molecular weight excluding hydrogens is 190 g/mol. The summed E-state index contributed by atoms with van der Waals surface area (Å²) >= 11 is 5.52. The third kappa shape index (κ3) is 1.13. The molecule has 0 saturated carbocycles. The fourth-order valence-electron chi connectivity index (χ4n) is 1.14. The molecule has 0 spiro atoms. The van der Waals surface area contributed by atoms with E-state index in [1.54, 1.807) is 6.07 Å². The van der Waals surface area contributed by atoms with E-state index in [1.807, 2.05) is 12.1 Å². The van der Waals surface area contributed by atoms with Crippen LogP contribution in [0.2, 0.25) is 0 Å². The fraction of sp³-hybridized carbons (Fsp3) is 0. The zero-order chi connectivity index (χ0) is 8.72. The predicted octanol–water partition coefficient (Wildman–Crippen LogP) is 2.48. The summed E-state index contributed by atoms with van der Waals surface area (Å²) < 4.78 is 0.824. The van der Waals surface area contributed by atoms with E-state index in [2.05, 4.69) is 12.6 Å². The van der Waals surface area contributed by atoms with Gasteiger partial charge in [0, 0.05) is 4.90 Å². The van der Waals surface area contributed by atoms with Gasteiger partial charge < -0.3 is 10.8 Å². The maximum atomic E-state index is 9.47. The minimum atomic E-state index is 0.249. The summed E-state index contributed by atoms with van der Waals surface area (Å²) in [6.07, 6.45) is 0. The number of hydrogen-bond donors (Lipinski definition) is 3. The van der Waals surface area contributed by atoms with Crippen LogP contribution in [-0.2, 0) is 0 Å². The van der Waals surface area contributed by atoms with Crippen molar-refractivity contribution in [2.24, 2.45) is 0 Å². The van der Waals surface area contributed by atoms with Crippen molar-refractivity contribution >= 4 is 39.1 Å². The molecular formula is C8H7NOS2. The van der Waals surface area contributed by atoms with Gasteiger partial charge in [0.25, 0.3) is 0 Å². The summed E-state index contributed by atoms with van der Waals surface area (Å²) in [6, 6.07) is 5.33. The van der Waals surface area contributed by atoms with Crippen LogP contribution in [0.1, 0.15) is 0 Å². The Bertz CT molecular complexity index is 436. The molecule has 0 radical (unpaired) electrons. The highest BCUT2D eigenvalue weighted by Crippen LogP contribution is 2.36. The van der Waals surface area contributed by atoms with Crippen LogP contribution in [0.3, 0.4) is 0 Å². The molecule has 4 heteroatoms. The first-order chi connectivity index (χ1) is 5.66. The topological polar surface area (TPSA) is 46.2 Å². The van der Waals surface area contributed by atoms with Crippen LogP contribution in [0.25, 0.3) is 10.1 Å². The lowest BCUT2D eigenvalue weighted by Gasteiger charge is -1.95. The Morgan fingerprint density at radius 1 is 1.33 bits per heavy atom. The van der Waals surface area contributed by atoms with Gasteiger partial charge in [-0.15, -0.1) is 24.0 Å². The number of thiophene rings is 1. The standard InChI is InChI=1S/C8H7NOS2/c9-7-2-4-1-5(11)3-6(10)8(4)12-7/h1-3,10-11H,9H2. The molecule has 0 aliphatic heterocycles. The van der Waals surface area contributed by atoms with E-state index in [9.17, 15) is 5.11 Å². The summed E-state index contributed by atoms with van der Waals surface area (Å²) in [5.41, 5.74) is 5.59. The minimum absolute atomic E-state index is 0.249. The Labute approximate surface area is 79.0 Å². The Kier molecular flexibility index (Phi) is 1.66. The number of rotatable bonds is 0. The van der Waals surface area contributed by atoms with Crippen LogP contribution in [0, 0.1) is 0 Å². The highest BCUT2D eigenvalue weighted by atomic mass is 32.1. The second-order valence-electron chi connectivity index (χ2n) is 2.53. The fourth-order valence-corrected chi connectivity index (χ4v) is 2.22. The SMILES string of the molecule is Nc1cc2cc(S)cc(O)c2s1. The number of hydrogen-bond acceptors (Lipinski definition) is 4. The minimum Gasteiger partial charge on any atom is -0.506 e. The maximum Gasteiger partial charge on any atom is 0.134 e. The second kappa shape index (κ2) is 2.57. The highest BCUT2D eigenvalue weighted by molar-refractivity contribution is 7.80. The molecule has 12 heavy (non-hydrogen) atoms. The van der Waals surface area contributed by atoms with Crippen molar-refractivity contribution in [2.75, 3.05) is 5.73 Å². The number of benzene rings is 1. The van der Waals surface area contributed by atoms with Gasteiger partial charge in [-0.25, -0.2) is 0 Å². The Morgan fingerprint density at radius 3 is 2.83 bits per heavy atom. The molecule has 3 N–H and O–H groups in total. The molecule has 2 aromatic rings. The smallest absolute Gasteiger partial charge is 0.134 e. The van der Waals surface area contributed by atoms with Crippen molar-refractivity contribution in [3.05, 3.63) is 18.2 Å². The third-order valence-electron chi connectivity index (χ3n) is 1.60. The number of aromatic hydroxyl groups is 1. The largest absolute Gasteiger partial charge is 0.506 e. The van der Waals surface area contributed by atoms with Gasteiger partial charge in [-0.05, 0) is 23.6 Å². The van der Waals surface area contributed by atoms with Crippen molar-refractivity contribution in [3.63, 3.8) is 0 Å². The predicted molar refractivity (Wildman–Crippen MR) is 55.2 cm³/mol. The highest BCUT2D eigenvalue weighted by Gasteiger charge is 2.04. The molecule has 0 fully saturated rings. The molecule has 0 aliphatic carbocycles. The molecule has 0 bridgehead atoms. The second-order valence-corrected chi connectivity index (χ2v) is 4.13. The molecule has 2 rings (SSSR count). The van der Waals surface area contributed by atoms with Crippen molar-refractivity contribution < 1.29 is 5.11 Å². The number of thiol groups is 1. The molecule has 1 aromatic carbocycles. The normalized spacial score (nSPS) is 10.8. The molecule has 2 nitrogen and oxygen atoms in total. The summed E-state index contributed by atoms with van der Waals surface area (Å²) in [6.45, 7) is 0. The maximum absolute atomic E-state index is 9.47. The van der Waals surface area contributed by atoms with Crippen LogP contribution >= 0.6 is 24.0 Å². The lowest BCUT2D eigenvalue weighted by atomic mass is 10.2. The number of anilines is 1. The third-order valence-corrected chi connectivity index (χ3v) is 2.86. The molecule has 0 atom stereocenters. The number of phenolic OH excluding ortho intramolecular Hbond substituents is 1. The van der Waals surface area contributed by atoms with Gasteiger partial charge in [0.15, 0.2) is 0 Å². The Morgan fingerprint density at radius 2 is 2.08 bits per heavy atom. The first-order valence-electron chi connectivity index (χ1n) is 3.38. The van der Waals surface area contributed by atoms with Gasteiger partial charge >= 0.3 is 0 Å².